The fraction of sp³-hybridized carbons (Fsp3) is 0.600. The number of benzene rings is 1. The first kappa shape index (κ1) is 13.5. The molecular weight excluding hydrogens is 229 g/mol. The third-order valence-electron chi connectivity index (χ3n) is 4.13. The van der Waals surface area contributed by atoms with Crippen LogP contribution in [0.25, 0.3) is 0 Å². The summed E-state index contributed by atoms with van der Waals surface area (Å²) in [5, 5.41) is 13.0. The zero-order valence-electron chi connectivity index (χ0n) is 11.0. The summed E-state index contributed by atoms with van der Waals surface area (Å²) in [4.78, 5) is 0. The van der Waals surface area contributed by atoms with E-state index in [0.29, 0.717) is 0 Å². The van der Waals surface area contributed by atoms with Gasteiger partial charge in [-0.1, -0.05) is 25.0 Å². The van der Waals surface area contributed by atoms with E-state index in [9.17, 15) is 9.50 Å². The monoisotopic (exact) mass is 251 g/mol. The van der Waals surface area contributed by atoms with Gasteiger partial charge in [0.2, 0.25) is 0 Å². The zero-order valence-corrected chi connectivity index (χ0v) is 11.0. The van der Waals surface area contributed by atoms with Crippen molar-refractivity contribution in [1.29, 1.82) is 0 Å². The molecule has 100 valence electrons. The summed E-state index contributed by atoms with van der Waals surface area (Å²) in [7, 11) is 0. The third kappa shape index (κ3) is 3.09. The number of rotatable bonds is 5. The van der Waals surface area contributed by atoms with E-state index < -0.39 is 0 Å². The Balaban J connectivity index is 1.93. The normalized spacial score (nSPS) is 19.9. The van der Waals surface area contributed by atoms with E-state index in [4.69, 9.17) is 0 Å². The molecule has 1 aromatic carbocycles. The molecule has 1 atom stereocenters. The lowest BCUT2D eigenvalue weighted by Crippen LogP contribution is -2.36. The minimum Gasteiger partial charge on any atom is -0.396 e. The maximum absolute atomic E-state index is 13.1. The van der Waals surface area contributed by atoms with Gasteiger partial charge in [0.05, 0.1) is 0 Å². The molecule has 18 heavy (non-hydrogen) atoms. The molecule has 0 heterocycles. The molecule has 0 aromatic heterocycles. The second kappa shape index (κ2) is 5.81. The van der Waals surface area contributed by atoms with Gasteiger partial charge >= 0.3 is 0 Å². The van der Waals surface area contributed by atoms with Crippen LogP contribution < -0.4 is 5.32 Å². The van der Waals surface area contributed by atoms with Crippen LogP contribution in [0.2, 0.25) is 0 Å². The van der Waals surface area contributed by atoms with Crippen molar-refractivity contribution >= 4 is 0 Å². The molecule has 0 bridgehead atoms. The maximum Gasteiger partial charge on any atom is 0.123 e. The lowest BCUT2D eigenvalue weighted by molar-refractivity contribution is 0.125. The smallest absolute Gasteiger partial charge is 0.123 e. The minimum absolute atomic E-state index is 0.0432. The second-order valence-electron chi connectivity index (χ2n) is 5.52. The lowest BCUT2D eigenvalue weighted by atomic mass is 9.87. The van der Waals surface area contributed by atoms with Crippen LogP contribution in [-0.2, 0) is 0 Å². The van der Waals surface area contributed by atoms with Crippen LogP contribution in [-0.4, -0.2) is 18.3 Å². The van der Waals surface area contributed by atoms with Crippen LogP contribution in [0.15, 0.2) is 24.3 Å². The molecule has 3 heteroatoms. The Morgan fingerprint density at radius 1 is 1.39 bits per heavy atom. The molecule has 1 saturated carbocycles. The average molecular weight is 251 g/mol. The van der Waals surface area contributed by atoms with E-state index in [1.165, 1.54) is 18.9 Å². The highest BCUT2D eigenvalue weighted by atomic mass is 19.1. The first-order valence-electron chi connectivity index (χ1n) is 6.75. The molecule has 2 nitrogen and oxygen atoms in total. The molecule has 1 aromatic rings. The zero-order chi connectivity index (χ0) is 13.0. The summed E-state index contributed by atoms with van der Waals surface area (Å²) in [5.74, 6) is -0.195. The van der Waals surface area contributed by atoms with E-state index in [0.717, 1.165) is 24.9 Å². The highest BCUT2D eigenvalue weighted by molar-refractivity contribution is 5.19. The van der Waals surface area contributed by atoms with Crippen LogP contribution in [0, 0.1) is 11.2 Å². The van der Waals surface area contributed by atoms with E-state index >= 15 is 0 Å². The van der Waals surface area contributed by atoms with Crippen LogP contribution in [0.4, 0.5) is 4.39 Å². The van der Waals surface area contributed by atoms with E-state index in [1.807, 2.05) is 13.0 Å². The Labute approximate surface area is 108 Å². The highest BCUT2D eigenvalue weighted by Gasteiger charge is 2.33. The molecule has 2 N–H and O–H groups in total. The molecule has 1 unspecified atom stereocenters. The molecule has 1 aliphatic carbocycles. The van der Waals surface area contributed by atoms with Crippen LogP contribution in [0.1, 0.15) is 44.2 Å². The van der Waals surface area contributed by atoms with E-state index in [2.05, 4.69) is 5.32 Å². The first-order chi connectivity index (χ1) is 8.65. The van der Waals surface area contributed by atoms with Gasteiger partial charge in [0, 0.05) is 24.6 Å². The Morgan fingerprint density at radius 3 is 2.72 bits per heavy atom. The van der Waals surface area contributed by atoms with Gasteiger partial charge in [-0.25, -0.2) is 4.39 Å². The van der Waals surface area contributed by atoms with Crippen molar-refractivity contribution in [2.24, 2.45) is 5.41 Å². The molecule has 1 fully saturated rings. The summed E-state index contributed by atoms with van der Waals surface area (Å²) in [6.07, 6.45) is 4.59. The molecule has 0 radical (unpaired) electrons. The molecule has 1 aliphatic rings. The fourth-order valence-electron chi connectivity index (χ4n) is 2.78. The van der Waals surface area contributed by atoms with Gasteiger partial charge in [0.15, 0.2) is 0 Å². The predicted molar refractivity (Wildman–Crippen MR) is 70.8 cm³/mol. The number of aliphatic hydroxyl groups is 1. The molecule has 0 spiro atoms. The van der Waals surface area contributed by atoms with Gasteiger partial charge in [-0.05, 0) is 37.5 Å². The van der Waals surface area contributed by atoms with Crippen LogP contribution >= 0.6 is 0 Å². The molecule has 0 aliphatic heterocycles. The van der Waals surface area contributed by atoms with E-state index in [1.54, 1.807) is 12.1 Å². The largest absolute Gasteiger partial charge is 0.396 e. The van der Waals surface area contributed by atoms with Crippen LogP contribution in [0.5, 0.6) is 0 Å². The minimum atomic E-state index is -0.195. The van der Waals surface area contributed by atoms with Crippen molar-refractivity contribution in [2.45, 2.75) is 38.6 Å². The second-order valence-corrected chi connectivity index (χ2v) is 5.52. The maximum atomic E-state index is 13.1. The number of hydrogen-bond donors (Lipinski definition) is 2. The number of nitrogens with one attached hydrogen (secondary N) is 1. The first-order valence-corrected chi connectivity index (χ1v) is 6.75. The Hall–Kier alpha value is -0.930. The average Bonchev–Trinajstić information content (AvgIpc) is 2.85. The van der Waals surface area contributed by atoms with Crippen LogP contribution in [0.3, 0.4) is 0 Å². The molecule has 2 rings (SSSR count). The number of aliphatic hydroxyl groups excluding tert-OH is 1. The topological polar surface area (TPSA) is 32.3 Å². The van der Waals surface area contributed by atoms with Gasteiger partial charge in [0.25, 0.3) is 0 Å². The Bertz CT molecular complexity index is 388. The Kier molecular flexibility index (Phi) is 4.36. The van der Waals surface area contributed by atoms with Crippen molar-refractivity contribution in [1.82, 2.24) is 5.32 Å². The van der Waals surface area contributed by atoms with E-state index in [-0.39, 0.29) is 23.9 Å². The van der Waals surface area contributed by atoms with Gasteiger partial charge in [0.1, 0.15) is 5.82 Å². The van der Waals surface area contributed by atoms with Crippen molar-refractivity contribution in [3.8, 4) is 0 Å². The number of hydrogen-bond acceptors (Lipinski definition) is 2. The van der Waals surface area contributed by atoms with Gasteiger partial charge in [-0.15, -0.1) is 0 Å². The summed E-state index contributed by atoms with van der Waals surface area (Å²) < 4.78 is 13.1. The van der Waals surface area contributed by atoms with Crippen molar-refractivity contribution in [2.75, 3.05) is 13.2 Å². The Morgan fingerprint density at radius 2 is 2.11 bits per heavy atom. The standard InChI is InChI=1S/C15H22FNO/c1-12(13-5-4-6-14(16)9-13)17-10-15(11-18)7-2-3-8-15/h4-6,9,12,17-18H,2-3,7-8,10-11H2,1H3. The molecule has 0 saturated heterocycles. The van der Waals surface area contributed by atoms with Crippen molar-refractivity contribution in [3.05, 3.63) is 35.6 Å². The lowest BCUT2D eigenvalue weighted by Gasteiger charge is -2.29. The van der Waals surface area contributed by atoms with Gasteiger partial charge < -0.3 is 10.4 Å². The quantitative estimate of drug-likeness (QED) is 0.843. The summed E-state index contributed by atoms with van der Waals surface area (Å²) in [6.45, 7) is 3.09. The fourth-order valence-corrected chi connectivity index (χ4v) is 2.78. The summed E-state index contributed by atoms with van der Waals surface area (Å²) in [6, 6.07) is 6.81. The molecular formula is C15H22FNO. The van der Waals surface area contributed by atoms with Crippen molar-refractivity contribution in [3.63, 3.8) is 0 Å². The number of halogens is 1. The van der Waals surface area contributed by atoms with Gasteiger partial charge in [-0.3, -0.25) is 0 Å². The SMILES string of the molecule is CC(NCC1(CO)CCCC1)c1cccc(F)c1. The predicted octanol–water partition coefficient (Wildman–Crippen LogP) is 3.03. The third-order valence-corrected chi connectivity index (χ3v) is 4.13. The summed E-state index contributed by atoms with van der Waals surface area (Å²) >= 11 is 0. The summed E-state index contributed by atoms with van der Waals surface area (Å²) in [5.41, 5.74) is 1.00. The van der Waals surface area contributed by atoms with Crippen molar-refractivity contribution < 1.29 is 9.50 Å². The molecule has 0 amide bonds. The highest BCUT2D eigenvalue weighted by Crippen LogP contribution is 2.37. The van der Waals surface area contributed by atoms with Gasteiger partial charge in [-0.2, -0.15) is 0 Å².